The van der Waals surface area contributed by atoms with E-state index in [2.05, 4.69) is 14.8 Å². The van der Waals surface area contributed by atoms with Gasteiger partial charge in [-0.05, 0) is 38.6 Å². The number of benzene rings is 1. The lowest BCUT2D eigenvalue weighted by atomic mass is 10.1. The second kappa shape index (κ2) is 6.83. The fourth-order valence-corrected chi connectivity index (χ4v) is 2.89. The van der Waals surface area contributed by atoms with E-state index >= 15 is 0 Å². The van der Waals surface area contributed by atoms with Crippen LogP contribution in [0.4, 0.5) is 0 Å². The molecule has 1 aromatic carbocycles. The van der Waals surface area contributed by atoms with Gasteiger partial charge in [0.15, 0.2) is 0 Å². The topological polar surface area (TPSA) is 84.5 Å². The van der Waals surface area contributed by atoms with Crippen LogP contribution >= 0.6 is 0 Å². The van der Waals surface area contributed by atoms with Crippen molar-refractivity contribution < 1.29 is 17.9 Å². The maximum atomic E-state index is 12.2. The SMILES string of the molecule is CNC(C)c1cccc(S(=O)(=O)NC(C)C(=O)OC)c1. The van der Waals surface area contributed by atoms with Crippen molar-refractivity contribution >= 4 is 16.0 Å². The Labute approximate surface area is 119 Å². The van der Waals surface area contributed by atoms with Gasteiger partial charge in [0.05, 0.1) is 12.0 Å². The molecule has 0 aliphatic carbocycles. The minimum Gasteiger partial charge on any atom is -0.468 e. The van der Waals surface area contributed by atoms with Crippen molar-refractivity contribution in [2.75, 3.05) is 14.2 Å². The van der Waals surface area contributed by atoms with Gasteiger partial charge < -0.3 is 10.1 Å². The molecule has 112 valence electrons. The first-order chi connectivity index (χ1) is 9.31. The van der Waals surface area contributed by atoms with Crippen LogP contribution in [0, 0.1) is 0 Å². The van der Waals surface area contributed by atoms with Gasteiger partial charge in [-0.3, -0.25) is 4.79 Å². The highest BCUT2D eigenvalue weighted by Gasteiger charge is 2.22. The van der Waals surface area contributed by atoms with E-state index < -0.39 is 22.0 Å². The zero-order chi connectivity index (χ0) is 15.3. The molecule has 7 heteroatoms. The van der Waals surface area contributed by atoms with E-state index in [0.29, 0.717) is 0 Å². The van der Waals surface area contributed by atoms with Crippen LogP contribution in [0.15, 0.2) is 29.2 Å². The summed E-state index contributed by atoms with van der Waals surface area (Å²) >= 11 is 0. The van der Waals surface area contributed by atoms with E-state index in [0.717, 1.165) is 5.56 Å². The number of hydrogen-bond donors (Lipinski definition) is 2. The van der Waals surface area contributed by atoms with Crippen molar-refractivity contribution in [1.82, 2.24) is 10.0 Å². The molecule has 0 aliphatic heterocycles. The van der Waals surface area contributed by atoms with Crippen LogP contribution in [0.1, 0.15) is 25.5 Å². The average Bonchev–Trinajstić information content (AvgIpc) is 2.45. The third kappa shape index (κ3) is 4.03. The van der Waals surface area contributed by atoms with Crippen molar-refractivity contribution in [3.05, 3.63) is 29.8 Å². The lowest BCUT2D eigenvalue weighted by Gasteiger charge is -2.14. The fraction of sp³-hybridized carbons (Fsp3) is 0.462. The molecule has 0 fully saturated rings. The predicted molar refractivity (Wildman–Crippen MR) is 75.7 cm³/mol. The second-order valence-corrected chi connectivity index (χ2v) is 6.16. The van der Waals surface area contributed by atoms with E-state index in [1.807, 2.05) is 13.0 Å². The van der Waals surface area contributed by atoms with Crippen LogP contribution in [0.25, 0.3) is 0 Å². The zero-order valence-electron chi connectivity index (χ0n) is 12.0. The lowest BCUT2D eigenvalue weighted by Crippen LogP contribution is -2.39. The summed E-state index contributed by atoms with van der Waals surface area (Å²) in [5.41, 5.74) is 0.848. The zero-order valence-corrected chi connectivity index (χ0v) is 12.8. The largest absolute Gasteiger partial charge is 0.468 e. The molecule has 2 N–H and O–H groups in total. The summed E-state index contributed by atoms with van der Waals surface area (Å²) in [7, 11) is -0.752. The molecule has 0 saturated carbocycles. The summed E-state index contributed by atoms with van der Waals surface area (Å²) in [4.78, 5) is 11.4. The minimum atomic E-state index is -3.76. The Hall–Kier alpha value is -1.44. The van der Waals surface area contributed by atoms with Gasteiger partial charge in [-0.25, -0.2) is 8.42 Å². The van der Waals surface area contributed by atoms with Crippen molar-refractivity contribution in [1.29, 1.82) is 0 Å². The third-order valence-corrected chi connectivity index (χ3v) is 4.53. The molecule has 0 radical (unpaired) electrons. The molecule has 0 bridgehead atoms. The van der Waals surface area contributed by atoms with Crippen LogP contribution in [-0.2, 0) is 19.6 Å². The van der Waals surface area contributed by atoms with Crippen LogP contribution in [-0.4, -0.2) is 34.6 Å². The molecule has 0 heterocycles. The number of esters is 1. The standard InChI is InChI=1S/C13H20N2O4S/c1-9(14-3)11-6-5-7-12(8-11)20(17,18)15-10(2)13(16)19-4/h5-10,14-15H,1-4H3. The molecule has 20 heavy (non-hydrogen) atoms. The summed E-state index contributed by atoms with van der Waals surface area (Å²) in [5.74, 6) is -0.631. The minimum absolute atomic E-state index is 0.0307. The Morgan fingerprint density at radius 3 is 2.50 bits per heavy atom. The van der Waals surface area contributed by atoms with E-state index in [1.54, 1.807) is 19.2 Å². The van der Waals surface area contributed by atoms with Gasteiger partial charge in [0, 0.05) is 6.04 Å². The highest BCUT2D eigenvalue weighted by molar-refractivity contribution is 7.89. The second-order valence-electron chi connectivity index (χ2n) is 4.45. The lowest BCUT2D eigenvalue weighted by molar-refractivity contribution is -0.142. The molecule has 1 aromatic rings. The highest BCUT2D eigenvalue weighted by Crippen LogP contribution is 2.17. The van der Waals surface area contributed by atoms with Crippen molar-refractivity contribution in [2.45, 2.75) is 30.8 Å². The quantitative estimate of drug-likeness (QED) is 0.759. The highest BCUT2D eigenvalue weighted by atomic mass is 32.2. The summed E-state index contributed by atoms with van der Waals surface area (Å²) in [6, 6.07) is 5.66. The number of hydrogen-bond acceptors (Lipinski definition) is 5. The molecule has 0 spiro atoms. The van der Waals surface area contributed by atoms with E-state index in [4.69, 9.17) is 0 Å². The third-order valence-electron chi connectivity index (χ3n) is 2.99. The van der Waals surface area contributed by atoms with Crippen LogP contribution in [0.5, 0.6) is 0 Å². The van der Waals surface area contributed by atoms with Gasteiger partial charge in [0.25, 0.3) is 0 Å². The molecule has 0 saturated heterocycles. The molecule has 2 unspecified atom stereocenters. The van der Waals surface area contributed by atoms with Crippen molar-refractivity contribution in [3.63, 3.8) is 0 Å². The average molecular weight is 300 g/mol. The molecular formula is C13H20N2O4S. The Morgan fingerprint density at radius 2 is 1.95 bits per heavy atom. The summed E-state index contributed by atoms with van der Waals surface area (Å²) < 4.78 is 31.2. The number of ether oxygens (including phenoxy) is 1. The van der Waals surface area contributed by atoms with E-state index in [1.165, 1.54) is 20.1 Å². The Morgan fingerprint density at radius 1 is 1.30 bits per heavy atom. The van der Waals surface area contributed by atoms with E-state index in [9.17, 15) is 13.2 Å². The Balaban J connectivity index is 3.01. The Bertz CT molecular complexity index is 571. The predicted octanol–water partition coefficient (Wildman–Crippen LogP) is 0.807. The van der Waals surface area contributed by atoms with Crippen LogP contribution in [0.2, 0.25) is 0 Å². The summed E-state index contributed by atoms with van der Waals surface area (Å²) in [5, 5.41) is 3.04. The van der Waals surface area contributed by atoms with Gasteiger partial charge in [0.2, 0.25) is 10.0 Å². The van der Waals surface area contributed by atoms with Gasteiger partial charge >= 0.3 is 5.97 Å². The number of methoxy groups -OCH3 is 1. The van der Waals surface area contributed by atoms with Gasteiger partial charge in [-0.1, -0.05) is 12.1 Å². The van der Waals surface area contributed by atoms with Crippen molar-refractivity contribution in [2.24, 2.45) is 0 Å². The van der Waals surface area contributed by atoms with Gasteiger partial charge in [-0.15, -0.1) is 0 Å². The summed E-state index contributed by atoms with van der Waals surface area (Å²) in [6.07, 6.45) is 0. The number of carbonyl (C=O) groups is 1. The Kier molecular flexibility index (Phi) is 5.67. The summed E-state index contributed by atoms with van der Waals surface area (Å²) in [6.45, 7) is 3.36. The molecule has 0 amide bonds. The molecule has 0 aromatic heterocycles. The first-order valence-electron chi connectivity index (χ1n) is 6.19. The molecular weight excluding hydrogens is 280 g/mol. The van der Waals surface area contributed by atoms with Crippen LogP contribution < -0.4 is 10.0 Å². The smallest absolute Gasteiger partial charge is 0.323 e. The number of carbonyl (C=O) groups excluding carboxylic acids is 1. The molecule has 6 nitrogen and oxygen atoms in total. The molecule has 0 aliphatic rings. The maximum absolute atomic E-state index is 12.2. The van der Waals surface area contributed by atoms with Gasteiger partial charge in [-0.2, -0.15) is 4.72 Å². The first-order valence-corrected chi connectivity index (χ1v) is 7.67. The van der Waals surface area contributed by atoms with Gasteiger partial charge in [0.1, 0.15) is 6.04 Å². The van der Waals surface area contributed by atoms with E-state index in [-0.39, 0.29) is 10.9 Å². The fourth-order valence-electron chi connectivity index (χ4n) is 1.64. The maximum Gasteiger partial charge on any atom is 0.323 e. The molecule has 1 rings (SSSR count). The number of sulfonamides is 1. The van der Waals surface area contributed by atoms with Crippen LogP contribution in [0.3, 0.4) is 0 Å². The number of nitrogens with one attached hydrogen (secondary N) is 2. The normalized spacial score (nSPS) is 14.6. The van der Waals surface area contributed by atoms with Crippen molar-refractivity contribution in [3.8, 4) is 0 Å². The first kappa shape index (κ1) is 16.6. The molecule has 2 atom stereocenters. The number of rotatable bonds is 6. The monoisotopic (exact) mass is 300 g/mol.